The number of nitrogens with zero attached hydrogens (tertiary/aromatic N) is 1. The third-order valence-electron chi connectivity index (χ3n) is 3.30. The van der Waals surface area contributed by atoms with Crippen molar-refractivity contribution >= 4 is 22.9 Å². The van der Waals surface area contributed by atoms with Crippen LogP contribution in [0, 0.1) is 17.0 Å². The lowest BCUT2D eigenvalue weighted by Crippen LogP contribution is -2.25. The van der Waals surface area contributed by atoms with E-state index in [-0.39, 0.29) is 21.7 Å². The second kappa shape index (κ2) is 4.46. The van der Waals surface area contributed by atoms with Gasteiger partial charge in [0.15, 0.2) is 0 Å². The van der Waals surface area contributed by atoms with Crippen LogP contribution in [0.15, 0.2) is 12.1 Å². The van der Waals surface area contributed by atoms with Gasteiger partial charge in [0.2, 0.25) is 0 Å². The first-order valence-corrected chi connectivity index (χ1v) is 6.25. The van der Waals surface area contributed by atoms with Crippen LogP contribution in [0.2, 0.25) is 0 Å². The van der Waals surface area contributed by atoms with Crippen LogP contribution in [0.3, 0.4) is 0 Å². The summed E-state index contributed by atoms with van der Waals surface area (Å²) in [5, 5.41) is 0. The maximum Gasteiger partial charge on any atom is 0.150 e. The Hall–Kier alpha value is -1.23. The highest BCUT2D eigenvalue weighted by molar-refractivity contribution is 7.80. The molecule has 0 atom stereocenters. The summed E-state index contributed by atoms with van der Waals surface area (Å²) in [5.74, 6) is -1.20. The third-order valence-corrected chi connectivity index (χ3v) is 3.53. The predicted molar refractivity (Wildman–Crippen MR) is 72.9 cm³/mol. The smallest absolute Gasteiger partial charge is 0.150 e. The third kappa shape index (κ3) is 2.46. The molecule has 0 unspecified atom stereocenters. The molecule has 2 rings (SSSR count). The molecule has 18 heavy (non-hydrogen) atoms. The van der Waals surface area contributed by atoms with E-state index >= 15 is 0 Å². The zero-order valence-electron chi connectivity index (χ0n) is 10.5. The lowest BCUT2D eigenvalue weighted by Gasteiger charge is -2.22. The molecule has 1 saturated heterocycles. The Kier molecular flexibility index (Phi) is 3.27. The molecule has 0 radical (unpaired) electrons. The highest BCUT2D eigenvalue weighted by Crippen LogP contribution is 2.35. The van der Waals surface area contributed by atoms with Crippen molar-refractivity contribution in [3.05, 3.63) is 29.3 Å². The van der Waals surface area contributed by atoms with Gasteiger partial charge in [-0.05, 0) is 24.0 Å². The lowest BCUT2D eigenvalue weighted by molar-refractivity contribution is 0.417. The Morgan fingerprint density at radius 1 is 1.33 bits per heavy atom. The summed E-state index contributed by atoms with van der Waals surface area (Å²) in [6.45, 7) is 5.49. The molecular formula is C13H16F2N2S. The summed E-state index contributed by atoms with van der Waals surface area (Å²) in [7, 11) is 0. The molecule has 98 valence electrons. The Balaban J connectivity index is 2.38. The summed E-state index contributed by atoms with van der Waals surface area (Å²) in [5.41, 5.74) is 5.72. The van der Waals surface area contributed by atoms with Crippen molar-refractivity contribution in [2.75, 3.05) is 18.0 Å². The van der Waals surface area contributed by atoms with E-state index in [2.05, 4.69) is 13.8 Å². The van der Waals surface area contributed by atoms with E-state index in [0.717, 1.165) is 6.42 Å². The normalized spacial score (nSPS) is 18.1. The minimum absolute atomic E-state index is 0.00102. The maximum atomic E-state index is 14.0. The first-order chi connectivity index (χ1) is 8.30. The van der Waals surface area contributed by atoms with Gasteiger partial charge in [-0.3, -0.25) is 0 Å². The topological polar surface area (TPSA) is 29.3 Å². The van der Waals surface area contributed by atoms with E-state index < -0.39 is 11.6 Å². The van der Waals surface area contributed by atoms with E-state index in [0.29, 0.717) is 13.1 Å². The van der Waals surface area contributed by atoms with Gasteiger partial charge in [0, 0.05) is 18.7 Å². The number of anilines is 1. The van der Waals surface area contributed by atoms with Crippen molar-refractivity contribution in [1.29, 1.82) is 0 Å². The molecule has 5 heteroatoms. The minimum Gasteiger partial charge on any atom is -0.389 e. The Morgan fingerprint density at radius 2 is 1.89 bits per heavy atom. The van der Waals surface area contributed by atoms with E-state index in [1.54, 1.807) is 4.90 Å². The zero-order chi connectivity index (χ0) is 13.5. The van der Waals surface area contributed by atoms with Gasteiger partial charge in [-0.1, -0.05) is 26.1 Å². The molecule has 0 saturated carbocycles. The molecule has 1 fully saturated rings. The van der Waals surface area contributed by atoms with Crippen LogP contribution < -0.4 is 10.6 Å². The zero-order valence-corrected chi connectivity index (χ0v) is 11.3. The van der Waals surface area contributed by atoms with E-state index in [1.807, 2.05) is 0 Å². The van der Waals surface area contributed by atoms with E-state index in [9.17, 15) is 8.78 Å². The van der Waals surface area contributed by atoms with Crippen molar-refractivity contribution in [3.63, 3.8) is 0 Å². The fourth-order valence-electron chi connectivity index (χ4n) is 2.31. The van der Waals surface area contributed by atoms with Gasteiger partial charge in [-0.2, -0.15) is 0 Å². The summed E-state index contributed by atoms with van der Waals surface area (Å²) in [6.07, 6.45) is 0.920. The molecule has 0 bridgehead atoms. The van der Waals surface area contributed by atoms with Crippen molar-refractivity contribution in [1.82, 2.24) is 0 Å². The molecule has 1 aliphatic rings. The largest absolute Gasteiger partial charge is 0.389 e. The van der Waals surface area contributed by atoms with Crippen molar-refractivity contribution in [3.8, 4) is 0 Å². The van der Waals surface area contributed by atoms with Gasteiger partial charge in [-0.15, -0.1) is 0 Å². The Bertz CT molecular complexity index is 477. The van der Waals surface area contributed by atoms with Crippen molar-refractivity contribution in [2.24, 2.45) is 11.1 Å². The van der Waals surface area contributed by atoms with Crippen LogP contribution in [-0.2, 0) is 0 Å². The molecule has 0 spiro atoms. The Labute approximate surface area is 111 Å². The van der Waals surface area contributed by atoms with Gasteiger partial charge in [0.25, 0.3) is 0 Å². The fourth-order valence-corrected chi connectivity index (χ4v) is 2.43. The number of halogens is 2. The second-order valence-corrected chi connectivity index (χ2v) is 5.93. The molecule has 1 aromatic carbocycles. The number of hydrogen-bond acceptors (Lipinski definition) is 2. The van der Waals surface area contributed by atoms with Crippen molar-refractivity contribution < 1.29 is 8.78 Å². The molecule has 1 heterocycles. The van der Waals surface area contributed by atoms with Crippen LogP contribution in [0.25, 0.3) is 0 Å². The molecule has 0 amide bonds. The molecule has 1 aliphatic heterocycles. The summed E-state index contributed by atoms with van der Waals surface area (Å²) >= 11 is 4.73. The average molecular weight is 270 g/mol. The van der Waals surface area contributed by atoms with Crippen LogP contribution in [0.4, 0.5) is 14.5 Å². The monoisotopic (exact) mass is 270 g/mol. The summed E-state index contributed by atoms with van der Waals surface area (Å²) < 4.78 is 28.0. The first-order valence-electron chi connectivity index (χ1n) is 5.84. The quantitative estimate of drug-likeness (QED) is 0.838. The fraction of sp³-hybridized carbons (Fsp3) is 0.462. The number of benzene rings is 1. The Morgan fingerprint density at radius 3 is 2.28 bits per heavy atom. The van der Waals surface area contributed by atoms with Gasteiger partial charge < -0.3 is 10.6 Å². The van der Waals surface area contributed by atoms with E-state index in [1.165, 1.54) is 12.1 Å². The molecule has 2 nitrogen and oxygen atoms in total. The van der Waals surface area contributed by atoms with Crippen LogP contribution >= 0.6 is 12.2 Å². The summed E-state index contributed by atoms with van der Waals surface area (Å²) in [4.78, 5) is 1.75. The number of hydrogen-bond donors (Lipinski definition) is 1. The minimum atomic E-state index is -0.601. The van der Waals surface area contributed by atoms with Gasteiger partial charge >= 0.3 is 0 Å². The number of rotatable bonds is 2. The molecule has 1 aromatic rings. The summed E-state index contributed by atoms with van der Waals surface area (Å²) in [6, 6.07) is 2.40. The first kappa shape index (κ1) is 13.2. The molecule has 2 N–H and O–H groups in total. The standard InChI is InChI=1S/C13H16F2N2S/c1-13(2)3-4-17(7-13)11-9(14)5-8(12(16)18)6-10(11)15/h5-6H,3-4,7H2,1-2H3,(H2,16,18). The van der Waals surface area contributed by atoms with Crippen LogP contribution in [-0.4, -0.2) is 18.1 Å². The highest BCUT2D eigenvalue weighted by atomic mass is 32.1. The van der Waals surface area contributed by atoms with E-state index in [4.69, 9.17) is 18.0 Å². The SMILES string of the molecule is CC1(C)CCN(c2c(F)cc(C(N)=S)cc2F)C1. The van der Waals surface area contributed by atoms with Crippen LogP contribution in [0.1, 0.15) is 25.8 Å². The van der Waals surface area contributed by atoms with Crippen molar-refractivity contribution in [2.45, 2.75) is 20.3 Å². The highest BCUT2D eigenvalue weighted by Gasteiger charge is 2.32. The molecular weight excluding hydrogens is 254 g/mol. The van der Waals surface area contributed by atoms with Gasteiger partial charge in [0.05, 0.1) is 0 Å². The lowest BCUT2D eigenvalue weighted by atomic mass is 9.93. The predicted octanol–water partition coefficient (Wildman–Crippen LogP) is 2.84. The maximum absolute atomic E-state index is 14.0. The number of nitrogens with two attached hydrogens (primary N) is 1. The average Bonchev–Trinajstić information content (AvgIpc) is 2.57. The molecule has 0 aromatic heterocycles. The van der Waals surface area contributed by atoms with Gasteiger partial charge in [-0.25, -0.2) is 8.78 Å². The number of thiocarbonyl (C=S) groups is 1. The second-order valence-electron chi connectivity index (χ2n) is 5.49. The molecule has 0 aliphatic carbocycles. The van der Waals surface area contributed by atoms with Gasteiger partial charge in [0.1, 0.15) is 22.3 Å². The van der Waals surface area contributed by atoms with Crippen LogP contribution in [0.5, 0.6) is 0 Å².